The van der Waals surface area contributed by atoms with Crippen LogP contribution in [0.1, 0.15) is 43.7 Å². The third kappa shape index (κ3) is 6.59. The Balaban J connectivity index is 1.39. The third-order valence-electron chi connectivity index (χ3n) is 4.81. The second-order valence-electron chi connectivity index (χ2n) is 7.43. The van der Waals surface area contributed by atoms with Crippen LogP contribution in [0.15, 0.2) is 47.6 Å². The molecule has 3 rings (SSSR count). The predicted molar refractivity (Wildman–Crippen MR) is 119 cm³/mol. The molecule has 0 heterocycles. The molecule has 7 heteroatoms. The highest BCUT2D eigenvalue weighted by Crippen LogP contribution is 2.30. The van der Waals surface area contributed by atoms with E-state index in [1.165, 1.54) is 0 Å². The summed E-state index contributed by atoms with van der Waals surface area (Å²) in [4.78, 5) is 23.8. The molecule has 1 aliphatic rings. The summed E-state index contributed by atoms with van der Waals surface area (Å²) in [5.41, 5.74) is 5.87. The number of benzene rings is 2. The van der Waals surface area contributed by atoms with E-state index in [0.29, 0.717) is 30.2 Å². The van der Waals surface area contributed by atoms with Gasteiger partial charge in [-0.25, -0.2) is 5.43 Å². The van der Waals surface area contributed by atoms with Crippen LogP contribution in [0.5, 0.6) is 5.75 Å². The van der Waals surface area contributed by atoms with Crippen molar-refractivity contribution in [3.63, 3.8) is 0 Å². The van der Waals surface area contributed by atoms with Crippen molar-refractivity contribution >= 4 is 34.8 Å². The quantitative estimate of drug-likeness (QED) is 0.346. The highest BCUT2D eigenvalue weighted by molar-refractivity contribution is 6.30. The summed E-state index contributed by atoms with van der Waals surface area (Å²) in [5, 5.41) is 7.73. The summed E-state index contributed by atoms with van der Waals surface area (Å²) in [6.07, 6.45) is 2.85. The number of amides is 2. The number of hydrogen-bond donors (Lipinski definition) is 2. The van der Waals surface area contributed by atoms with E-state index in [9.17, 15) is 9.59 Å². The fraction of sp³-hybridized carbons (Fsp3) is 0.348. The second-order valence-corrected chi connectivity index (χ2v) is 7.87. The molecule has 2 amide bonds. The summed E-state index contributed by atoms with van der Waals surface area (Å²) in [6, 6.07) is 12.9. The molecule has 0 unspecified atom stereocenters. The van der Waals surface area contributed by atoms with Gasteiger partial charge in [-0.15, -0.1) is 0 Å². The van der Waals surface area contributed by atoms with Gasteiger partial charge in [-0.05, 0) is 74.6 Å². The fourth-order valence-electron chi connectivity index (χ4n) is 2.84. The smallest absolute Gasteiger partial charge is 0.240 e. The Bertz CT molecular complexity index is 937. The molecule has 0 aliphatic heterocycles. The summed E-state index contributed by atoms with van der Waals surface area (Å²) in [7, 11) is 0. The number of rotatable bonds is 9. The molecule has 2 aromatic rings. The van der Waals surface area contributed by atoms with Crippen LogP contribution in [0.3, 0.4) is 0 Å². The first-order valence-electron chi connectivity index (χ1n) is 10.1. The molecule has 2 aromatic carbocycles. The molecule has 0 saturated heterocycles. The number of carbonyl (C=O) groups is 2. The molecule has 2 N–H and O–H groups in total. The van der Waals surface area contributed by atoms with Gasteiger partial charge in [-0.2, -0.15) is 5.10 Å². The molecule has 0 bridgehead atoms. The monoisotopic (exact) mass is 427 g/mol. The van der Waals surface area contributed by atoms with Crippen LogP contribution in [0.2, 0.25) is 5.02 Å². The van der Waals surface area contributed by atoms with E-state index < -0.39 is 0 Å². The fourth-order valence-corrected chi connectivity index (χ4v) is 3.07. The zero-order valence-corrected chi connectivity index (χ0v) is 18.0. The Kier molecular flexibility index (Phi) is 7.46. The van der Waals surface area contributed by atoms with Gasteiger partial charge in [0.05, 0.1) is 12.3 Å². The molecule has 1 saturated carbocycles. The maximum absolute atomic E-state index is 12.0. The summed E-state index contributed by atoms with van der Waals surface area (Å²) in [5.74, 6) is 0.851. The highest BCUT2D eigenvalue weighted by Gasteiger charge is 2.29. The Morgan fingerprint density at radius 1 is 1.17 bits per heavy atom. The van der Waals surface area contributed by atoms with Gasteiger partial charge in [0, 0.05) is 23.0 Å². The molecule has 0 atom stereocenters. The van der Waals surface area contributed by atoms with Crippen LogP contribution in [-0.2, 0) is 9.59 Å². The Morgan fingerprint density at radius 2 is 1.90 bits per heavy atom. The van der Waals surface area contributed by atoms with E-state index >= 15 is 0 Å². The molecular formula is C23H26ClN3O3. The maximum atomic E-state index is 12.0. The van der Waals surface area contributed by atoms with Crippen LogP contribution in [0.25, 0.3) is 0 Å². The van der Waals surface area contributed by atoms with E-state index in [4.69, 9.17) is 16.3 Å². The zero-order valence-electron chi connectivity index (χ0n) is 17.2. The molecule has 158 valence electrons. The van der Waals surface area contributed by atoms with Gasteiger partial charge in [0.2, 0.25) is 11.8 Å². The molecular weight excluding hydrogens is 402 g/mol. The van der Waals surface area contributed by atoms with E-state index in [2.05, 4.69) is 15.8 Å². The highest BCUT2D eigenvalue weighted by atomic mass is 35.5. The predicted octanol–water partition coefficient (Wildman–Crippen LogP) is 4.70. The first-order valence-corrected chi connectivity index (χ1v) is 10.4. The number of hydrazone groups is 1. The number of nitrogens with one attached hydrogen (secondary N) is 2. The van der Waals surface area contributed by atoms with E-state index in [1.54, 1.807) is 6.07 Å². The number of ether oxygens (including phenoxy) is 1. The minimum absolute atomic E-state index is 0.0793. The summed E-state index contributed by atoms with van der Waals surface area (Å²) in [6.45, 7) is 4.19. The maximum Gasteiger partial charge on any atom is 0.240 e. The topological polar surface area (TPSA) is 79.8 Å². The molecule has 0 radical (unpaired) electrons. The van der Waals surface area contributed by atoms with Crippen molar-refractivity contribution in [1.82, 2.24) is 5.43 Å². The lowest BCUT2D eigenvalue weighted by molar-refractivity contribution is -0.121. The van der Waals surface area contributed by atoms with Crippen LogP contribution < -0.4 is 15.5 Å². The number of nitrogens with zero attached hydrogens (tertiary/aromatic N) is 1. The Morgan fingerprint density at radius 3 is 2.57 bits per heavy atom. The molecule has 1 aliphatic carbocycles. The van der Waals surface area contributed by atoms with E-state index in [-0.39, 0.29) is 17.7 Å². The van der Waals surface area contributed by atoms with Gasteiger partial charge in [-0.3, -0.25) is 9.59 Å². The second kappa shape index (κ2) is 10.3. The van der Waals surface area contributed by atoms with Crippen molar-refractivity contribution in [3.8, 4) is 5.75 Å². The molecule has 1 fully saturated rings. The minimum Gasteiger partial charge on any atom is -0.493 e. The first kappa shape index (κ1) is 21.8. The third-order valence-corrected chi connectivity index (χ3v) is 5.04. The summed E-state index contributed by atoms with van der Waals surface area (Å²) < 4.78 is 5.69. The number of carbonyl (C=O) groups excluding carboxylic acids is 2. The zero-order chi connectivity index (χ0) is 21.5. The van der Waals surface area contributed by atoms with Gasteiger partial charge < -0.3 is 10.1 Å². The lowest BCUT2D eigenvalue weighted by atomic mass is 10.1. The van der Waals surface area contributed by atoms with Gasteiger partial charge in [0.1, 0.15) is 5.75 Å². The molecule has 0 spiro atoms. The van der Waals surface area contributed by atoms with E-state index in [1.807, 2.05) is 50.2 Å². The molecule has 0 aromatic heterocycles. The van der Waals surface area contributed by atoms with Gasteiger partial charge >= 0.3 is 0 Å². The van der Waals surface area contributed by atoms with Crippen molar-refractivity contribution in [1.29, 1.82) is 0 Å². The van der Waals surface area contributed by atoms with Crippen molar-refractivity contribution in [2.45, 2.75) is 39.5 Å². The van der Waals surface area contributed by atoms with E-state index in [0.717, 1.165) is 35.4 Å². The summed E-state index contributed by atoms with van der Waals surface area (Å²) >= 11 is 5.93. The molecule has 6 nitrogen and oxygen atoms in total. The Hall–Kier alpha value is -2.86. The lowest BCUT2D eigenvalue weighted by Gasteiger charge is -2.09. The lowest BCUT2D eigenvalue weighted by Crippen LogP contribution is -2.19. The normalized spacial score (nSPS) is 13.6. The van der Waals surface area contributed by atoms with Gasteiger partial charge in [0.15, 0.2) is 0 Å². The average molecular weight is 428 g/mol. The minimum atomic E-state index is -0.168. The number of hydrogen-bond acceptors (Lipinski definition) is 4. The Labute approximate surface area is 181 Å². The van der Waals surface area contributed by atoms with Crippen LogP contribution in [-0.4, -0.2) is 24.1 Å². The standard InChI is InChI=1S/C23H26ClN3O3/c1-15-14-19(24)9-12-21(15)30-13-3-4-22(28)27-26-16(2)17-7-10-20(11-8-17)25-23(29)18-5-6-18/h7-12,14,18H,3-6,13H2,1-2H3,(H,25,29)(H,27,28)/b26-16+. The van der Waals surface area contributed by atoms with Crippen LogP contribution >= 0.6 is 11.6 Å². The van der Waals surface area contributed by atoms with Crippen molar-refractivity contribution in [2.24, 2.45) is 11.0 Å². The van der Waals surface area contributed by atoms with Crippen LogP contribution in [0, 0.1) is 12.8 Å². The van der Waals surface area contributed by atoms with Crippen molar-refractivity contribution in [3.05, 3.63) is 58.6 Å². The van der Waals surface area contributed by atoms with Crippen LogP contribution in [0.4, 0.5) is 5.69 Å². The average Bonchev–Trinajstić information content (AvgIpc) is 3.57. The van der Waals surface area contributed by atoms with Gasteiger partial charge in [-0.1, -0.05) is 23.7 Å². The SMILES string of the molecule is C/C(=N\NC(=O)CCCOc1ccc(Cl)cc1C)c1ccc(NC(=O)C2CC2)cc1. The number of aryl methyl sites for hydroxylation is 1. The number of halogens is 1. The van der Waals surface area contributed by atoms with Crippen molar-refractivity contribution in [2.75, 3.05) is 11.9 Å². The molecule has 30 heavy (non-hydrogen) atoms. The van der Waals surface area contributed by atoms with Crippen molar-refractivity contribution < 1.29 is 14.3 Å². The first-order chi connectivity index (χ1) is 14.4. The van der Waals surface area contributed by atoms with Gasteiger partial charge in [0.25, 0.3) is 0 Å². The number of anilines is 1. The largest absolute Gasteiger partial charge is 0.493 e.